The van der Waals surface area contributed by atoms with Crippen LogP contribution in [0.15, 0.2) is 24.3 Å². The standard InChI is InChI=1S/C18H17NO3/c1-10-5-3-6-12-9-13(11(2)19-17(10)12)18(22)16-14(20)7-4-8-15(16)21/h3,5-6,9,16H,4,7-8H2,1-2H3. The van der Waals surface area contributed by atoms with Gasteiger partial charge in [-0.1, -0.05) is 18.2 Å². The molecule has 0 saturated heterocycles. The minimum atomic E-state index is -1.13. The minimum absolute atomic E-state index is 0.259. The van der Waals surface area contributed by atoms with Crippen molar-refractivity contribution in [2.45, 2.75) is 33.1 Å². The summed E-state index contributed by atoms with van der Waals surface area (Å²) in [7, 11) is 0. The second-order valence-electron chi connectivity index (χ2n) is 5.85. The first-order chi connectivity index (χ1) is 10.5. The molecule has 1 saturated carbocycles. The first-order valence-electron chi connectivity index (χ1n) is 7.45. The number of hydrogen-bond donors (Lipinski definition) is 0. The van der Waals surface area contributed by atoms with Crippen LogP contribution in [0, 0.1) is 19.8 Å². The number of benzene rings is 1. The molecule has 1 aliphatic rings. The van der Waals surface area contributed by atoms with Crippen LogP contribution < -0.4 is 0 Å². The van der Waals surface area contributed by atoms with Crippen LogP contribution >= 0.6 is 0 Å². The van der Waals surface area contributed by atoms with E-state index in [2.05, 4.69) is 4.98 Å². The lowest BCUT2D eigenvalue weighted by molar-refractivity contribution is -0.133. The number of carbonyl (C=O) groups excluding carboxylic acids is 3. The third-order valence-corrected chi connectivity index (χ3v) is 4.26. The van der Waals surface area contributed by atoms with Crippen molar-refractivity contribution < 1.29 is 14.4 Å². The Morgan fingerprint density at radius 3 is 2.50 bits per heavy atom. The largest absolute Gasteiger partial charge is 0.298 e. The lowest BCUT2D eigenvalue weighted by Crippen LogP contribution is -2.35. The van der Waals surface area contributed by atoms with E-state index in [1.807, 2.05) is 25.1 Å². The zero-order valence-corrected chi connectivity index (χ0v) is 12.7. The van der Waals surface area contributed by atoms with Crippen LogP contribution in [0.1, 0.15) is 40.9 Å². The number of Topliss-reactive ketones (excluding diaryl/α,β-unsaturated/α-hetero) is 3. The molecule has 0 amide bonds. The molecule has 0 aliphatic heterocycles. The summed E-state index contributed by atoms with van der Waals surface area (Å²) in [6.07, 6.45) is 1.16. The summed E-state index contributed by atoms with van der Waals surface area (Å²) in [5.41, 5.74) is 2.83. The van der Waals surface area contributed by atoms with E-state index in [0.717, 1.165) is 16.5 Å². The van der Waals surface area contributed by atoms with Crippen molar-refractivity contribution in [2.24, 2.45) is 5.92 Å². The van der Waals surface area contributed by atoms with Crippen LogP contribution in [0.5, 0.6) is 0 Å². The van der Waals surface area contributed by atoms with Gasteiger partial charge in [0.25, 0.3) is 0 Å². The van der Waals surface area contributed by atoms with E-state index in [0.29, 0.717) is 30.5 Å². The summed E-state index contributed by atoms with van der Waals surface area (Å²) >= 11 is 0. The number of aromatic nitrogens is 1. The number of aryl methyl sites for hydroxylation is 2. The molecule has 22 heavy (non-hydrogen) atoms. The second kappa shape index (κ2) is 5.44. The number of ketones is 3. The fourth-order valence-electron chi connectivity index (χ4n) is 3.04. The zero-order chi connectivity index (χ0) is 15.9. The van der Waals surface area contributed by atoms with E-state index in [1.165, 1.54) is 0 Å². The van der Waals surface area contributed by atoms with E-state index in [-0.39, 0.29) is 11.6 Å². The summed E-state index contributed by atoms with van der Waals surface area (Å²) in [6, 6.07) is 7.50. The molecular formula is C18H17NO3. The molecule has 0 spiro atoms. The number of rotatable bonds is 2. The molecule has 112 valence electrons. The Hall–Kier alpha value is -2.36. The van der Waals surface area contributed by atoms with Gasteiger partial charge in [-0.05, 0) is 31.9 Å². The number of nitrogens with zero attached hydrogens (tertiary/aromatic N) is 1. The maximum absolute atomic E-state index is 12.7. The maximum Gasteiger partial charge on any atom is 0.182 e. The molecule has 0 N–H and O–H groups in total. The SMILES string of the molecule is Cc1nc2c(C)cccc2cc1C(=O)C1C(=O)CCCC1=O. The van der Waals surface area contributed by atoms with Crippen LogP contribution in [0.4, 0.5) is 0 Å². The molecule has 0 bridgehead atoms. The van der Waals surface area contributed by atoms with Crippen LogP contribution in [0.3, 0.4) is 0 Å². The number of para-hydroxylation sites is 1. The number of pyridine rings is 1. The fourth-order valence-corrected chi connectivity index (χ4v) is 3.04. The minimum Gasteiger partial charge on any atom is -0.298 e. The topological polar surface area (TPSA) is 64.1 Å². The summed E-state index contributed by atoms with van der Waals surface area (Å²) < 4.78 is 0. The van der Waals surface area contributed by atoms with Gasteiger partial charge in [-0.25, -0.2) is 0 Å². The van der Waals surface area contributed by atoms with Crippen molar-refractivity contribution in [3.8, 4) is 0 Å². The van der Waals surface area contributed by atoms with E-state index >= 15 is 0 Å². The van der Waals surface area contributed by atoms with Crippen molar-refractivity contribution in [3.05, 3.63) is 41.1 Å². The highest BCUT2D eigenvalue weighted by Crippen LogP contribution is 2.25. The Morgan fingerprint density at radius 2 is 1.82 bits per heavy atom. The Balaban J connectivity index is 2.09. The van der Waals surface area contributed by atoms with E-state index in [4.69, 9.17) is 0 Å². The predicted molar refractivity (Wildman–Crippen MR) is 82.9 cm³/mol. The monoisotopic (exact) mass is 295 g/mol. The van der Waals surface area contributed by atoms with Crippen LogP contribution in [0.2, 0.25) is 0 Å². The molecule has 0 atom stereocenters. The normalized spacial score (nSPS) is 16.3. The molecule has 1 fully saturated rings. The quantitative estimate of drug-likeness (QED) is 0.631. The predicted octanol–water partition coefficient (Wildman–Crippen LogP) is 2.97. The first-order valence-corrected chi connectivity index (χ1v) is 7.45. The number of fused-ring (bicyclic) bond motifs is 1. The first kappa shape index (κ1) is 14.6. The van der Waals surface area contributed by atoms with Gasteiger partial charge in [0.05, 0.1) is 5.52 Å². The van der Waals surface area contributed by atoms with Crippen molar-refractivity contribution in [1.82, 2.24) is 4.98 Å². The van der Waals surface area contributed by atoms with Gasteiger partial charge in [0.1, 0.15) is 5.92 Å². The van der Waals surface area contributed by atoms with Gasteiger partial charge in [-0.2, -0.15) is 0 Å². The Bertz CT molecular complexity index is 791. The molecule has 1 aliphatic carbocycles. The fraction of sp³-hybridized carbons (Fsp3) is 0.333. The van der Waals surface area contributed by atoms with E-state index in [9.17, 15) is 14.4 Å². The average Bonchev–Trinajstić information content (AvgIpc) is 2.47. The number of hydrogen-bond acceptors (Lipinski definition) is 4. The van der Waals surface area contributed by atoms with Gasteiger partial charge in [-0.3, -0.25) is 19.4 Å². The molecule has 0 unspecified atom stereocenters. The molecule has 1 heterocycles. The molecule has 4 heteroatoms. The van der Waals surface area contributed by atoms with Crippen LogP contribution in [-0.2, 0) is 9.59 Å². The van der Waals surface area contributed by atoms with Gasteiger partial charge in [-0.15, -0.1) is 0 Å². The van der Waals surface area contributed by atoms with Gasteiger partial charge < -0.3 is 0 Å². The van der Waals surface area contributed by atoms with Gasteiger partial charge in [0.2, 0.25) is 0 Å². The third-order valence-electron chi connectivity index (χ3n) is 4.26. The lowest BCUT2D eigenvalue weighted by atomic mass is 9.81. The smallest absolute Gasteiger partial charge is 0.182 e. The van der Waals surface area contributed by atoms with Gasteiger partial charge >= 0.3 is 0 Å². The second-order valence-corrected chi connectivity index (χ2v) is 5.85. The number of carbonyl (C=O) groups is 3. The average molecular weight is 295 g/mol. The molecule has 4 nitrogen and oxygen atoms in total. The lowest BCUT2D eigenvalue weighted by Gasteiger charge is -2.19. The molecule has 1 aromatic carbocycles. The molecule has 2 aromatic rings. The van der Waals surface area contributed by atoms with E-state index < -0.39 is 11.7 Å². The van der Waals surface area contributed by atoms with Crippen LogP contribution in [-0.4, -0.2) is 22.3 Å². The highest BCUT2D eigenvalue weighted by atomic mass is 16.2. The summed E-state index contributed by atoms with van der Waals surface area (Å²) in [4.78, 5) is 41.2. The third kappa shape index (κ3) is 2.34. The molecule has 3 rings (SSSR count). The Labute approximate surface area is 128 Å². The van der Waals surface area contributed by atoms with Crippen molar-refractivity contribution in [2.75, 3.05) is 0 Å². The Kier molecular flexibility index (Phi) is 3.61. The summed E-state index contributed by atoms with van der Waals surface area (Å²) in [5, 5.41) is 0.852. The Morgan fingerprint density at radius 1 is 1.14 bits per heavy atom. The highest BCUT2D eigenvalue weighted by molar-refractivity contribution is 6.25. The van der Waals surface area contributed by atoms with Crippen molar-refractivity contribution in [3.63, 3.8) is 0 Å². The van der Waals surface area contributed by atoms with E-state index in [1.54, 1.807) is 13.0 Å². The molecule has 1 aromatic heterocycles. The van der Waals surface area contributed by atoms with Gasteiger partial charge in [0.15, 0.2) is 17.3 Å². The van der Waals surface area contributed by atoms with Crippen molar-refractivity contribution in [1.29, 1.82) is 0 Å². The summed E-state index contributed by atoms with van der Waals surface area (Å²) in [5.74, 6) is -2.05. The summed E-state index contributed by atoms with van der Waals surface area (Å²) in [6.45, 7) is 3.71. The van der Waals surface area contributed by atoms with Crippen molar-refractivity contribution >= 4 is 28.3 Å². The molecule has 0 radical (unpaired) electrons. The zero-order valence-electron chi connectivity index (χ0n) is 12.7. The highest BCUT2D eigenvalue weighted by Gasteiger charge is 2.37. The maximum atomic E-state index is 12.7. The molecular weight excluding hydrogens is 278 g/mol. The van der Waals surface area contributed by atoms with Crippen LogP contribution in [0.25, 0.3) is 10.9 Å². The van der Waals surface area contributed by atoms with Gasteiger partial charge in [0, 0.05) is 29.5 Å².